The maximum absolute atomic E-state index is 5.74. The highest BCUT2D eigenvalue weighted by molar-refractivity contribution is 4.63. The zero-order valence-electron chi connectivity index (χ0n) is 9.04. The highest BCUT2D eigenvalue weighted by Crippen LogP contribution is 2.19. The van der Waals surface area contributed by atoms with Crippen molar-refractivity contribution in [1.29, 1.82) is 0 Å². The zero-order valence-corrected chi connectivity index (χ0v) is 9.04. The first-order valence-corrected chi connectivity index (χ1v) is 5.83. The van der Waals surface area contributed by atoms with Crippen LogP contribution in [0.2, 0.25) is 0 Å². The van der Waals surface area contributed by atoms with E-state index in [1.54, 1.807) is 0 Å². The number of nitrogens with two attached hydrogens (primary N) is 1. The molecule has 0 aliphatic heterocycles. The first-order valence-electron chi connectivity index (χ1n) is 5.83. The fraction of sp³-hybridized carbons (Fsp3) is 1.00. The summed E-state index contributed by atoms with van der Waals surface area (Å²) in [5.41, 5.74) is 5.31. The molecular formula is C11H23NO2. The Labute approximate surface area is 86.9 Å². The Hall–Kier alpha value is -0.120. The summed E-state index contributed by atoms with van der Waals surface area (Å²) in [7, 11) is 0. The summed E-state index contributed by atoms with van der Waals surface area (Å²) in [5.74, 6) is 0. The third kappa shape index (κ3) is 5.58. The minimum Gasteiger partial charge on any atom is -0.378 e. The molecule has 0 unspecified atom stereocenters. The van der Waals surface area contributed by atoms with Crippen LogP contribution in [-0.4, -0.2) is 32.5 Å². The van der Waals surface area contributed by atoms with Gasteiger partial charge in [0, 0.05) is 6.54 Å². The van der Waals surface area contributed by atoms with Gasteiger partial charge in [-0.15, -0.1) is 0 Å². The highest BCUT2D eigenvalue weighted by atomic mass is 16.5. The molecule has 0 saturated heterocycles. The molecule has 0 aromatic carbocycles. The number of ether oxygens (including phenoxy) is 2. The fourth-order valence-electron chi connectivity index (χ4n) is 1.87. The van der Waals surface area contributed by atoms with E-state index in [2.05, 4.69) is 0 Å². The van der Waals surface area contributed by atoms with Gasteiger partial charge in [0.25, 0.3) is 0 Å². The molecule has 3 heteroatoms. The van der Waals surface area contributed by atoms with Gasteiger partial charge in [0.15, 0.2) is 0 Å². The van der Waals surface area contributed by atoms with Crippen LogP contribution in [0.5, 0.6) is 0 Å². The van der Waals surface area contributed by atoms with Crippen molar-refractivity contribution in [2.45, 2.75) is 44.6 Å². The van der Waals surface area contributed by atoms with E-state index in [1.165, 1.54) is 38.5 Å². The van der Waals surface area contributed by atoms with E-state index in [9.17, 15) is 0 Å². The lowest BCUT2D eigenvalue weighted by molar-refractivity contribution is 0.000444. The van der Waals surface area contributed by atoms with Crippen molar-refractivity contribution in [3.8, 4) is 0 Å². The molecule has 2 N–H and O–H groups in total. The molecule has 0 heterocycles. The number of hydrogen-bond donors (Lipinski definition) is 1. The minimum atomic E-state index is 0.485. The first kappa shape index (κ1) is 12.0. The molecule has 0 bridgehead atoms. The van der Waals surface area contributed by atoms with Crippen molar-refractivity contribution in [1.82, 2.24) is 0 Å². The van der Waals surface area contributed by atoms with Crippen LogP contribution in [0.25, 0.3) is 0 Å². The van der Waals surface area contributed by atoms with Gasteiger partial charge in [0.2, 0.25) is 0 Å². The summed E-state index contributed by atoms with van der Waals surface area (Å²) in [6.07, 6.45) is 8.36. The molecule has 0 atom stereocenters. The second kappa shape index (κ2) is 8.21. The Morgan fingerprint density at radius 1 is 0.929 bits per heavy atom. The summed E-state index contributed by atoms with van der Waals surface area (Å²) in [6, 6.07) is 0. The van der Waals surface area contributed by atoms with E-state index in [-0.39, 0.29) is 0 Å². The van der Waals surface area contributed by atoms with Crippen LogP contribution in [0.3, 0.4) is 0 Å². The van der Waals surface area contributed by atoms with Crippen molar-refractivity contribution in [2.24, 2.45) is 5.73 Å². The van der Waals surface area contributed by atoms with E-state index < -0.39 is 0 Å². The standard InChI is InChI=1S/C11H23NO2/c12-7-8-13-9-10-14-11-5-3-1-2-4-6-11/h11H,1-10,12H2. The second-order valence-corrected chi connectivity index (χ2v) is 3.89. The summed E-state index contributed by atoms with van der Waals surface area (Å²) >= 11 is 0. The minimum absolute atomic E-state index is 0.485. The second-order valence-electron chi connectivity index (χ2n) is 3.89. The molecule has 3 nitrogen and oxygen atoms in total. The van der Waals surface area contributed by atoms with E-state index in [0.717, 1.165) is 6.61 Å². The van der Waals surface area contributed by atoms with Crippen LogP contribution in [0.15, 0.2) is 0 Å². The van der Waals surface area contributed by atoms with Crippen LogP contribution in [0.4, 0.5) is 0 Å². The summed E-state index contributed by atoms with van der Waals surface area (Å²) < 4.78 is 11.0. The van der Waals surface area contributed by atoms with E-state index in [4.69, 9.17) is 15.2 Å². The van der Waals surface area contributed by atoms with Gasteiger partial charge in [0.05, 0.1) is 25.9 Å². The van der Waals surface area contributed by atoms with Gasteiger partial charge in [-0.2, -0.15) is 0 Å². The predicted molar refractivity (Wildman–Crippen MR) is 57.3 cm³/mol. The van der Waals surface area contributed by atoms with Gasteiger partial charge < -0.3 is 15.2 Å². The average molecular weight is 201 g/mol. The van der Waals surface area contributed by atoms with Gasteiger partial charge in [-0.1, -0.05) is 25.7 Å². The Kier molecular flexibility index (Phi) is 7.01. The number of hydrogen-bond acceptors (Lipinski definition) is 3. The Balaban J connectivity index is 1.93. The van der Waals surface area contributed by atoms with Crippen LogP contribution in [0, 0.1) is 0 Å². The molecule has 0 aromatic heterocycles. The van der Waals surface area contributed by atoms with Gasteiger partial charge in [-0.3, -0.25) is 0 Å². The Bertz CT molecular complexity index is 122. The van der Waals surface area contributed by atoms with Crippen molar-refractivity contribution >= 4 is 0 Å². The van der Waals surface area contributed by atoms with Gasteiger partial charge in [-0.05, 0) is 12.8 Å². The largest absolute Gasteiger partial charge is 0.378 e. The van der Waals surface area contributed by atoms with Gasteiger partial charge in [0.1, 0.15) is 0 Å². The number of rotatable bonds is 6. The first-order chi connectivity index (χ1) is 6.93. The molecule has 1 aliphatic rings. The van der Waals surface area contributed by atoms with E-state index in [1.807, 2.05) is 0 Å². The molecule has 0 spiro atoms. The predicted octanol–water partition coefficient (Wildman–Crippen LogP) is 1.70. The third-order valence-corrected chi connectivity index (χ3v) is 2.65. The molecular weight excluding hydrogens is 178 g/mol. The SMILES string of the molecule is NCCOCCOC1CCCCCC1. The lowest BCUT2D eigenvalue weighted by Crippen LogP contribution is -2.17. The summed E-state index contributed by atoms with van der Waals surface area (Å²) in [6.45, 7) is 2.66. The molecule has 1 rings (SSSR count). The normalized spacial score (nSPS) is 19.5. The zero-order chi connectivity index (χ0) is 10.1. The molecule has 84 valence electrons. The molecule has 14 heavy (non-hydrogen) atoms. The Morgan fingerprint density at radius 3 is 2.29 bits per heavy atom. The quantitative estimate of drug-likeness (QED) is 0.525. The molecule has 1 saturated carbocycles. The monoisotopic (exact) mass is 201 g/mol. The van der Waals surface area contributed by atoms with Crippen LogP contribution in [0.1, 0.15) is 38.5 Å². The third-order valence-electron chi connectivity index (χ3n) is 2.65. The van der Waals surface area contributed by atoms with Crippen LogP contribution in [-0.2, 0) is 9.47 Å². The van der Waals surface area contributed by atoms with Crippen molar-refractivity contribution in [3.05, 3.63) is 0 Å². The lowest BCUT2D eigenvalue weighted by Gasteiger charge is -2.15. The summed E-state index contributed by atoms with van der Waals surface area (Å²) in [5, 5.41) is 0. The molecule has 0 aromatic rings. The van der Waals surface area contributed by atoms with Crippen molar-refractivity contribution in [3.63, 3.8) is 0 Å². The summed E-state index contributed by atoms with van der Waals surface area (Å²) in [4.78, 5) is 0. The molecule has 1 aliphatic carbocycles. The van der Waals surface area contributed by atoms with Gasteiger partial charge in [-0.25, -0.2) is 0 Å². The van der Waals surface area contributed by atoms with E-state index >= 15 is 0 Å². The lowest BCUT2D eigenvalue weighted by atomic mass is 10.1. The maximum atomic E-state index is 5.74. The molecule has 1 fully saturated rings. The molecule has 0 amide bonds. The van der Waals surface area contributed by atoms with Crippen LogP contribution >= 0.6 is 0 Å². The highest BCUT2D eigenvalue weighted by Gasteiger charge is 2.11. The fourth-order valence-corrected chi connectivity index (χ4v) is 1.87. The topological polar surface area (TPSA) is 44.5 Å². The smallest absolute Gasteiger partial charge is 0.0704 e. The molecule has 0 radical (unpaired) electrons. The van der Waals surface area contributed by atoms with Crippen molar-refractivity contribution in [2.75, 3.05) is 26.4 Å². The van der Waals surface area contributed by atoms with Crippen molar-refractivity contribution < 1.29 is 9.47 Å². The van der Waals surface area contributed by atoms with Crippen LogP contribution < -0.4 is 5.73 Å². The Morgan fingerprint density at radius 2 is 1.64 bits per heavy atom. The van der Waals surface area contributed by atoms with Gasteiger partial charge >= 0.3 is 0 Å². The maximum Gasteiger partial charge on any atom is 0.0704 e. The van der Waals surface area contributed by atoms with E-state index in [0.29, 0.717) is 25.9 Å². The average Bonchev–Trinajstić information content (AvgIpc) is 2.46.